The first-order valence-electron chi connectivity index (χ1n) is 4.01. The van der Waals surface area contributed by atoms with Crippen molar-refractivity contribution >= 4 is 5.91 Å². The fourth-order valence-corrected chi connectivity index (χ4v) is 0.780. The molecule has 1 aromatic heterocycles. The van der Waals surface area contributed by atoms with Gasteiger partial charge < -0.3 is 10.3 Å². The standard InChI is InChI=1S/C8H13N3O2/c1-8(2,3)7-10-6(13-11-7)4-5(9)12/h4H2,1-3H3,(H2,9,12). The van der Waals surface area contributed by atoms with Crippen LogP contribution in [0.25, 0.3) is 0 Å². The minimum atomic E-state index is -0.468. The second-order valence-electron chi connectivity index (χ2n) is 3.90. The fraction of sp³-hybridized carbons (Fsp3) is 0.625. The number of nitrogens with two attached hydrogens (primary N) is 1. The second kappa shape index (κ2) is 3.16. The number of aromatic nitrogens is 2. The Labute approximate surface area is 76.3 Å². The van der Waals surface area contributed by atoms with Crippen molar-refractivity contribution < 1.29 is 9.32 Å². The first-order valence-corrected chi connectivity index (χ1v) is 4.01. The Morgan fingerprint density at radius 1 is 1.54 bits per heavy atom. The van der Waals surface area contributed by atoms with Gasteiger partial charge in [0, 0.05) is 5.41 Å². The van der Waals surface area contributed by atoms with Crippen LogP contribution < -0.4 is 5.73 Å². The molecule has 1 heterocycles. The van der Waals surface area contributed by atoms with E-state index in [1.807, 2.05) is 20.8 Å². The highest BCUT2D eigenvalue weighted by Crippen LogP contribution is 2.18. The van der Waals surface area contributed by atoms with E-state index in [0.717, 1.165) is 0 Å². The van der Waals surface area contributed by atoms with Crippen LogP contribution >= 0.6 is 0 Å². The quantitative estimate of drug-likeness (QED) is 0.719. The van der Waals surface area contributed by atoms with E-state index in [1.54, 1.807) is 0 Å². The molecule has 0 aromatic carbocycles. The molecule has 0 saturated heterocycles. The van der Waals surface area contributed by atoms with Crippen molar-refractivity contribution in [2.24, 2.45) is 5.73 Å². The SMILES string of the molecule is CC(C)(C)c1noc(CC(N)=O)n1. The first-order chi connectivity index (χ1) is 5.89. The highest BCUT2D eigenvalue weighted by molar-refractivity contribution is 5.75. The molecule has 0 aliphatic heterocycles. The smallest absolute Gasteiger partial charge is 0.236 e. The van der Waals surface area contributed by atoms with Crippen molar-refractivity contribution in [3.63, 3.8) is 0 Å². The minimum Gasteiger partial charge on any atom is -0.369 e. The van der Waals surface area contributed by atoms with Crippen molar-refractivity contribution in [2.45, 2.75) is 32.6 Å². The minimum absolute atomic E-state index is 0.00306. The summed E-state index contributed by atoms with van der Waals surface area (Å²) in [6.45, 7) is 5.89. The van der Waals surface area contributed by atoms with Crippen LogP contribution in [0.4, 0.5) is 0 Å². The third-order valence-electron chi connectivity index (χ3n) is 1.46. The van der Waals surface area contributed by atoms with Crippen molar-refractivity contribution in [1.82, 2.24) is 10.1 Å². The number of carbonyl (C=O) groups is 1. The molecule has 0 aliphatic rings. The zero-order chi connectivity index (χ0) is 10.1. The molecule has 0 aliphatic carbocycles. The predicted molar refractivity (Wildman–Crippen MR) is 45.9 cm³/mol. The highest BCUT2D eigenvalue weighted by Gasteiger charge is 2.21. The average Bonchev–Trinajstić information content (AvgIpc) is 2.32. The monoisotopic (exact) mass is 183 g/mol. The van der Waals surface area contributed by atoms with Crippen molar-refractivity contribution in [3.8, 4) is 0 Å². The highest BCUT2D eigenvalue weighted by atomic mass is 16.5. The van der Waals surface area contributed by atoms with Gasteiger partial charge >= 0.3 is 0 Å². The first kappa shape index (κ1) is 9.70. The Kier molecular flexibility index (Phi) is 2.36. The molecule has 1 rings (SSSR count). The molecule has 0 fully saturated rings. The molecule has 5 nitrogen and oxygen atoms in total. The van der Waals surface area contributed by atoms with Gasteiger partial charge in [-0.15, -0.1) is 0 Å². The van der Waals surface area contributed by atoms with Gasteiger partial charge in [0.1, 0.15) is 6.42 Å². The van der Waals surface area contributed by atoms with Crippen LogP contribution in [0, 0.1) is 0 Å². The van der Waals surface area contributed by atoms with E-state index >= 15 is 0 Å². The molecule has 0 saturated carbocycles. The molecular formula is C8H13N3O2. The number of rotatable bonds is 2. The maximum Gasteiger partial charge on any atom is 0.236 e. The number of primary amides is 1. The van der Waals surface area contributed by atoms with Gasteiger partial charge in [0.2, 0.25) is 11.8 Å². The summed E-state index contributed by atoms with van der Waals surface area (Å²) in [4.78, 5) is 14.6. The molecule has 0 atom stereocenters. The summed E-state index contributed by atoms with van der Waals surface area (Å²) in [6, 6.07) is 0. The second-order valence-corrected chi connectivity index (χ2v) is 3.90. The van der Waals surface area contributed by atoms with Crippen LogP contribution in [0.3, 0.4) is 0 Å². The van der Waals surface area contributed by atoms with Gasteiger partial charge in [-0.3, -0.25) is 4.79 Å². The van der Waals surface area contributed by atoms with Gasteiger partial charge in [0.15, 0.2) is 5.82 Å². The lowest BCUT2D eigenvalue weighted by Gasteiger charge is -2.10. The summed E-state index contributed by atoms with van der Waals surface area (Å²) in [7, 11) is 0. The molecule has 0 spiro atoms. The van der Waals surface area contributed by atoms with Gasteiger partial charge in [-0.1, -0.05) is 25.9 Å². The molecule has 0 radical (unpaired) electrons. The van der Waals surface area contributed by atoms with Crippen LogP contribution in [-0.2, 0) is 16.6 Å². The van der Waals surface area contributed by atoms with Crippen LogP contribution in [-0.4, -0.2) is 16.0 Å². The summed E-state index contributed by atoms with van der Waals surface area (Å²) in [5, 5.41) is 3.75. The molecule has 2 N–H and O–H groups in total. The molecule has 1 amide bonds. The van der Waals surface area contributed by atoms with E-state index in [9.17, 15) is 4.79 Å². The lowest BCUT2D eigenvalue weighted by molar-refractivity contribution is -0.117. The summed E-state index contributed by atoms with van der Waals surface area (Å²) in [6.07, 6.45) is 0.00306. The lowest BCUT2D eigenvalue weighted by Crippen LogP contribution is -2.15. The van der Waals surface area contributed by atoms with E-state index in [2.05, 4.69) is 10.1 Å². The normalized spacial score (nSPS) is 11.6. The topological polar surface area (TPSA) is 82.0 Å². The summed E-state index contributed by atoms with van der Waals surface area (Å²) >= 11 is 0. The molecule has 1 aromatic rings. The van der Waals surface area contributed by atoms with Gasteiger partial charge in [-0.05, 0) is 0 Å². The van der Waals surface area contributed by atoms with Crippen molar-refractivity contribution in [2.75, 3.05) is 0 Å². The van der Waals surface area contributed by atoms with Crippen LogP contribution in [0.2, 0.25) is 0 Å². The van der Waals surface area contributed by atoms with Crippen LogP contribution in [0.15, 0.2) is 4.52 Å². The number of hydrogen-bond donors (Lipinski definition) is 1. The summed E-state index contributed by atoms with van der Waals surface area (Å²) in [5.74, 6) is 0.394. The molecule has 5 heteroatoms. The Bertz CT molecular complexity index is 311. The Hall–Kier alpha value is -1.39. The van der Waals surface area contributed by atoms with E-state index < -0.39 is 5.91 Å². The van der Waals surface area contributed by atoms with Gasteiger partial charge in [-0.25, -0.2) is 0 Å². The van der Waals surface area contributed by atoms with E-state index in [0.29, 0.717) is 5.82 Å². The fourth-order valence-electron chi connectivity index (χ4n) is 0.780. The lowest BCUT2D eigenvalue weighted by atomic mass is 9.96. The average molecular weight is 183 g/mol. The molecule has 0 bridgehead atoms. The van der Waals surface area contributed by atoms with E-state index in [4.69, 9.17) is 10.3 Å². The van der Waals surface area contributed by atoms with Crippen LogP contribution in [0.1, 0.15) is 32.5 Å². The zero-order valence-corrected chi connectivity index (χ0v) is 8.00. The van der Waals surface area contributed by atoms with E-state index in [1.165, 1.54) is 0 Å². The number of carbonyl (C=O) groups excluding carboxylic acids is 1. The van der Waals surface area contributed by atoms with Crippen molar-refractivity contribution in [1.29, 1.82) is 0 Å². The number of amides is 1. The Morgan fingerprint density at radius 3 is 2.54 bits per heavy atom. The summed E-state index contributed by atoms with van der Waals surface area (Å²) in [5.41, 5.74) is 4.81. The third kappa shape index (κ3) is 2.54. The summed E-state index contributed by atoms with van der Waals surface area (Å²) < 4.78 is 4.84. The molecular weight excluding hydrogens is 170 g/mol. The van der Waals surface area contributed by atoms with Gasteiger partial charge in [-0.2, -0.15) is 4.98 Å². The number of nitrogens with zero attached hydrogens (tertiary/aromatic N) is 2. The van der Waals surface area contributed by atoms with Crippen molar-refractivity contribution in [3.05, 3.63) is 11.7 Å². The Balaban J connectivity index is 2.81. The number of hydrogen-bond acceptors (Lipinski definition) is 4. The predicted octanol–water partition coefficient (Wildman–Crippen LogP) is 0.395. The maximum atomic E-state index is 10.5. The van der Waals surface area contributed by atoms with Gasteiger partial charge in [0.25, 0.3) is 0 Å². The van der Waals surface area contributed by atoms with Gasteiger partial charge in [0.05, 0.1) is 0 Å². The largest absolute Gasteiger partial charge is 0.369 e. The molecule has 13 heavy (non-hydrogen) atoms. The maximum absolute atomic E-state index is 10.5. The van der Waals surface area contributed by atoms with E-state index in [-0.39, 0.29) is 17.7 Å². The zero-order valence-electron chi connectivity index (χ0n) is 8.00. The Morgan fingerprint density at radius 2 is 2.15 bits per heavy atom. The molecule has 0 unspecified atom stereocenters. The molecule has 72 valence electrons. The van der Waals surface area contributed by atoms with Crippen LogP contribution in [0.5, 0.6) is 0 Å². The third-order valence-corrected chi connectivity index (χ3v) is 1.46.